The van der Waals surface area contributed by atoms with E-state index in [1.54, 1.807) is 43.3 Å². The molecule has 0 spiro atoms. The minimum Gasteiger partial charge on any atom is -0.481 e. The van der Waals surface area contributed by atoms with E-state index in [0.29, 0.717) is 23.5 Å². The zero-order chi connectivity index (χ0) is 16.7. The van der Waals surface area contributed by atoms with Crippen LogP contribution in [-0.4, -0.2) is 24.5 Å². The quantitative estimate of drug-likeness (QED) is 0.862. The molecule has 1 unspecified atom stereocenters. The molecule has 0 fully saturated rings. The molecule has 23 heavy (non-hydrogen) atoms. The van der Waals surface area contributed by atoms with Crippen molar-refractivity contribution in [3.05, 3.63) is 60.2 Å². The van der Waals surface area contributed by atoms with E-state index in [9.17, 15) is 9.59 Å². The molecule has 0 heterocycles. The Morgan fingerprint density at radius 1 is 1.04 bits per heavy atom. The average molecular weight is 312 g/mol. The van der Waals surface area contributed by atoms with Gasteiger partial charge in [0, 0.05) is 6.54 Å². The largest absolute Gasteiger partial charge is 0.481 e. The van der Waals surface area contributed by atoms with Crippen molar-refractivity contribution in [3.8, 4) is 5.75 Å². The number of benzene rings is 2. The van der Waals surface area contributed by atoms with Gasteiger partial charge in [-0.05, 0) is 38.1 Å². The summed E-state index contributed by atoms with van der Waals surface area (Å²) < 4.78 is 5.58. The van der Waals surface area contributed by atoms with Crippen LogP contribution in [-0.2, 0) is 4.79 Å². The van der Waals surface area contributed by atoms with Crippen LogP contribution in [0.5, 0.6) is 5.75 Å². The molecule has 0 aliphatic carbocycles. The molecule has 0 saturated heterocycles. The van der Waals surface area contributed by atoms with Crippen LogP contribution in [0.1, 0.15) is 24.2 Å². The molecule has 1 atom stereocenters. The summed E-state index contributed by atoms with van der Waals surface area (Å²) in [4.78, 5) is 24.3. The summed E-state index contributed by atoms with van der Waals surface area (Å²) in [5, 5.41) is 5.47. The highest BCUT2D eigenvalue weighted by Gasteiger charge is 2.18. The monoisotopic (exact) mass is 312 g/mol. The van der Waals surface area contributed by atoms with Crippen LogP contribution >= 0.6 is 0 Å². The third kappa shape index (κ3) is 4.57. The summed E-state index contributed by atoms with van der Waals surface area (Å²) in [7, 11) is 0. The van der Waals surface area contributed by atoms with Crippen molar-refractivity contribution in [2.24, 2.45) is 0 Å². The summed E-state index contributed by atoms with van der Waals surface area (Å²) in [6.07, 6.45) is -0.681. The van der Waals surface area contributed by atoms with Gasteiger partial charge in [-0.2, -0.15) is 0 Å². The third-order valence-corrected chi connectivity index (χ3v) is 3.19. The number of anilines is 1. The van der Waals surface area contributed by atoms with E-state index in [0.717, 1.165) is 0 Å². The Morgan fingerprint density at radius 2 is 1.70 bits per heavy atom. The molecule has 2 amide bonds. The predicted molar refractivity (Wildman–Crippen MR) is 89.6 cm³/mol. The van der Waals surface area contributed by atoms with Gasteiger partial charge in [0.1, 0.15) is 5.75 Å². The van der Waals surface area contributed by atoms with Crippen molar-refractivity contribution in [2.45, 2.75) is 20.0 Å². The second-order valence-electron chi connectivity index (χ2n) is 4.97. The van der Waals surface area contributed by atoms with Gasteiger partial charge >= 0.3 is 0 Å². The van der Waals surface area contributed by atoms with Gasteiger partial charge in [-0.15, -0.1) is 0 Å². The second-order valence-corrected chi connectivity index (χ2v) is 4.97. The number of ether oxygens (including phenoxy) is 1. The van der Waals surface area contributed by atoms with E-state index in [-0.39, 0.29) is 11.8 Å². The van der Waals surface area contributed by atoms with Gasteiger partial charge in [0.05, 0.1) is 11.3 Å². The van der Waals surface area contributed by atoms with Crippen molar-refractivity contribution >= 4 is 17.5 Å². The lowest BCUT2D eigenvalue weighted by Crippen LogP contribution is -2.31. The maximum Gasteiger partial charge on any atom is 0.265 e. The van der Waals surface area contributed by atoms with Crippen molar-refractivity contribution in [3.63, 3.8) is 0 Å². The molecule has 0 aliphatic heterocycles. The Labute approximate surface area is 135 Å². The number of carbonyl (C=O) groups excluding carboxylic acids is 2. The van der Waals surface area contributed by atoms with Crippen LogP contribution in [0.3, 0.4) is 0 Å². The molecular formula is C18H20N2O3. The van der Waals surface area contributed by atoms with E-state index in [1.807, 2.05) is 25.1 Å². The van der Waals surface area contributed by atoms with Crippen LogP contribution in [0, 0.1) is 0 Å². The van der Waals surface area contributed by atoms with Gasteiger partial charge in [0.15, 0.2) is 6.10 Å². The molecule has 5 nitrogen and oxygen atoms in total. The summed E-state index contributed by atoms with van der Waals surface area (Å²) in [5.41, 5.74) is 0.890. The van der Waals surface area contributed by atoms with Gasteiger partial charge in [0.25, 0.3) is 11.8 Å². The molecule has 5 heteroatoms. The number of hydrogen-bond acceptors (Lipinski definition) is 3. The second kappa shape index (κ2) is 7.98. The lowest BCUT2D eigenvalue weighted by molar-refractivity contribution is -0.122. The molecule has 0 aromatic heterocycles. The normalized spacial score (nSPS) is 11.4. The fraction of sp³-hybridized carbons (Fsp3) is 0.222. The van der Waals surface area contributed by atoms with Crippen molar-refractivity contribution in [1.82, 2.24) is 5.32 Å². The fourth-order valence-electron chi connectivity index (χ4n) is 2.04. The molecule has 2 N–H and O–H groups in total. The number of nitrogens with one attached hydrogen (secondary N) is 2. The molecule has 2 aromatic carbocycles. The molecule has 2 aromatic rings. The molecule has 2 rings (SSSR count). The zero-order valence-corrected chi connectivity index (χ0v) is 13.2. The first-order chi connectivity index (χ1) is 11.1. The van der Waals surface area contributed by atoms with Gasteiger partial charge in [-0.1, -0.05) is 30.3 Å². The highest BCUT2D eigenvalue weighted by Crippen LogP contribution is 2.16. The first-order valence-corrected chi connectivity index (χ1v) is 7.51. The molecule has 0 bridgehead atoms. The minimum absolute atomic E-state index is 0.222. The van der Waals surface area contributed by atoms with E-state index >= 15 is 0 Å². The van der Waals surface area contributed by atoms with Crippen LogP contribution in [0.15, 0.2) is 54.6 Å². The Kier molecular flexibility index (Phi) is 5.74. The molecule has 0 aliphatic rings. The summed E-state index contributed by atoms with van der Waals surface area (Å²) in [5.74, 6) is 0.0813. The lowest BCUT2D eigenvalue weighted by atomic mass is 10.1. The highest BCUT2D eigenvalue weighted by atomic mass is 16.5. The smallest absolute Gasteiger partial charge is 0.265 e. The Morgan fingerprint density at radius 3 is 2.39 bits per heavy atom. The highest BCUT2D eigenvalue weighted by molar-refractivity contribution is 6.04. The predicted octanol–water partition coefficient (Wildman–Crippen LogP) is 2.84. The van der Waals surface area contributed by atoms with Crippen molar-refractivity contribution in [1.29, 1.82) is 0 Å². The summed E-state index contributed by atoms with van der Waals surface area (Å²) >= 11 is 0. The topological polar surface area (TPSA) is 67.4 Å². The molecule has 120 valence electrons. The van der Waals surface area contributed by atoms with Crippen molar-refractivity contribution < 1.29 is 14.3 Å². The van der Waals surface area contributed by atoms with Crippen LogP contribution in [0.25, 0.3) is 0 Å². The van der Waals surface area contributed by atoms with Crippen LogP contribution in [0.2, 0.25) is 0 Å². The van der Waals surface area contributed by atoms with Gasteiger partial charge in [-0.3, -0.25) is 9.59 Å². The Balaban J connectivity index is 2.06. The van der Waals surface area contributed by atoms with E-state index in [1.165, 1.54) is 0 Å². The SMILES string of the molecule is CCNC(=O)c1ccccc1NC(=O)C(C)Oc1ccccc1. The molecule has 0 radical (unpaired) electrons. The van der Waals surface area contributed by atoms with Gasteiger partial charge < -0.3 is 15.4 Å². The summed E-state index contributed by atoms with van der Waals surface area (Å²) in [6.45, 7) is 4.03. The number of para-hydroxylation sites is 2. The Hall–Kier alpha value is -2.82. The maximum absolute atomic E-state index is 12.3. The Bertz CT molecular complexity index is 671. The number of carbonyl (C=O) groups is 2. The first-order valence-electron chi connectivity index (χ1n) is 7.51. The number of hydrogen-bond donors (Lipinski definition) is 2. The van der Waals surface area contributed by atoms with E-state index < -0.39 is 6.10 Å². The molecule has 0 saturated carbocycles. The summed E-state index contributed by atoms with van der Waals surface area (Å²) in [6, 6.07) is 16.0. The van der Waals surface area contributed by atoms with E-state index in [2.05, 4.69) is 10.6 Å². The zero-order valence-electron chi connectivity index (χ0n) is 13.2. The van der Waals surface area contributed by atoms with E-state index in [4.69, 9.17) is 4.74 Å². The minimum atomic E-state index is -0.681. The first kappa shape index (κ1) is 16.5. The van der Waals surface area contributed by atoms with Crippen LogP contribution < -0.4 is 15.4 Å². The van der Waals surface area contributed by atoms with Crippen LogP contribution in [0.4, 0.5) is 5.69 Å². The average Bonchev–Trinajstić information content (AvgIpc) is 2.56. The van der Waals surface area contributed by atoms with Crippen molar-refractivity contribution in [2.75, 3.05) is 11.9 Å². The fourth-order valence-corrected chi connectivity index (χ4v) is 2.04. The lowest BCUT2D eigenvalue weighted by Gasteiger charge is -2.16. The van der Waals surface area contributed by atoms with Gasteiger partial charge in [0.2, 0.25) is 0 Å². The van der Waals surface area contributed by atoms with Gasteiger partial charge in [-0.25, -0.2) is 0 Å². The molecular weight excluding hydrogens is 292 g/mol. The standard InChI is InChI=1S/C18H20N2O3/c1-3-19-18(22)15-11-7-8-12-16(15)20-17(21)13(2)23-14-9-5-4-6-10-14/h4-13H,3H2,1-2H3,(H,19,22)(H,20,21). The third-order valence-electron chi connectivity index (χ3n) is 3.19. The maximum atomic E-state index is 12.3. The number of amides is 2. The number of rotatable bonds is 6.